The van der Waals surface area contributed by atoms with Crippen molar-refractivity contribution in [3.63, 3.8) is 0 Å². The van der Waals surface area contributed by atoms with E-state index in [0.717, 1.165) is 6.42 Å². The molecule has 124 valence electrons. The van der Waals surface area contributed by atoms with Crippen LogP contribution in [0.4, 0.5) is 4.39 Å². The maximum Gasteiger partial charge on any atom is 0.145 e. The highest BCUT2D eigenvalue weighted by Gasteiger charge is 2.38. The van der Waals surface area contributed by atoms with E-state index in [0.29, 0.717) is 18.7 Å². The number of benzene rings is 1. The molecule has 4 nitrogen and oxygen atoms in total. The van der Waals surface area contributed by atoms with Crippen molar-refractivity contribution in [2.45, 2.75) is 38.3 Å². The molecule has 1 aromatic carbocycles. The van der Waals surface area contributed by atoms with Crippen LogP contribution < -0.4 is 11.1 Å². The van der Waals surface area contributed by atoms with E-state index >= 15 is 0 Å². The first-order valence-corrected chi connectivity index (χ1v) is 7.82. The van der Waals surface area contributed by atoms with Gasteiger partial charge in [-0.15, -0.1) is 0 Å². The van der Waals surface area contributed by atoms with Crippen molar-refractivity contribution in [1.82, 2.24) is 5.32 Å². The van der Waals surface area contributed by atoms with Crippen LogP contribution in [0.2, 0.25) is 5.02 Å². The van der Waals surface area contributed by atoms with E-state index in [9.17, 15) is 4.39 Å². The van der Waals surface area contributed by atoms with Crippen LogP contribution in [0.1, 0.15) is 31.7 Å². The normalized spacial score (nSPS) is 25.6. The zero-order valence-corrected chi connectivity index (χ0v) is 14.0. The Morgan fingerprint density at radius 3 is 2.86 bits per heavy atom. The molecule has 1 aliphatic heterocycles. The topological polar surface area (TPSA) is 56.5 Å². The average Bonchev–Trinajstić information content (AvgIpc) is 2.81. The Morgan fingerprint density at radius 2 is 2.18 bits per heavy atom. The Kier molecular flexibility index (Phi) is 5.80. The minimum atomic E-state index is -0.367. The molecule has 1 fully saturated rings. The predicted octanol–water partition coefficient (Wildman–Crippen LogP) is 2.86. The largest absolute Gasteiger partial charge is 0.326 e. The summed E-state index contributed by atoms with van der Waals surface area (Å²) in [4.78, 5) is 9.72. The molecule has 0 bridgehead atoms. The quantitative estimate of drug-likeness (QED) is 0.622. The minimum absolute atomic E-state index is 0.0807. The van der Waals surface area contributed by atoms with Crippen LogP contribution in [0.25, 0.3) is 0 Å². The van der Waals surface area contributed by atoms with Gasteiger partial charge in [-0.25, -0.2) is 14.2 Å². The molecule has 1 aromatic rings. The first-order chi connectivity index (χ1) is 10.4. The molecule has 22 heavy (non-hydrogen) atoms. The van der Waals surface area contributed by atoms with Gasteiger partial charge in [-0.2, -0.15) is 0 Å². The Hall–Kier alpha value is -0.720. The fourth-order valence-electron chi connectivity index (χ4n) is 3.04. The van der Waals surface area contributed by atoms with Gasteiger partial charge in [0.25, 0.3) is 0 Å². The summed E-state index contributed by atoms with van der Waals surface area (Å²) >= 11 is 5.87. The molecule has 6 heteroatoms. The predicted molar refractivity (Wildman–Crippen MR) is 85.3 cm³/mol. The Labute approximate surface area is 136 Å². The minimum Gasteiger partial charge on any atom is -0.326 e. The number of hydrogen-bond donors (Lipinski definition) is 2. The molecular weight excluding hydrogens is 307 g/mol. The fraction of sp³-hybridized carbons (Fsp3) is 0.625. The van der Waals surface area contributed by atoms with Crippen molar-refractivity contribution in [2.24, 2.45) is 11.1 Å². The van der Waals surface area contributed by atoms with Gasteiger partial charge in [0.15, 0.2) is 0 Å². The van der Waals surface area contributed by atoms with Crippen LogP contribution in [0.3, 0.4) is 0 Å². The number of halogens is 2. The summed E-state index contributed by atoms with van der Waals surface area (Å²) in [5.74, 6) is -0.447. The Morgan fingerprint density at radius 1 is 1.45 bits per heavy atom. The zero-order valence-electron chi connectivity index (χ0n) is 13.2. The van der Waals surface area contributed by atoms with E-state index in [1.807, 2.05) is 0 Å². The second-order valence-corrected chi connectivity index (χ2v) is 7.05. The molecule has 1 heterocycles. The molecular formula is C16H24ClFN2O2. The zero-order chi connectivity index (χ0) is 16.3. The molecule has 0 aliphatic carbocycles. The number of nitrogens with two attached hydrogens (primary N) is 1. The lowest BCUT2D eigenvalue weighted by molar-refractivity contribution is -0.288. The molecule has 0 aromatic heterocycles. The van der Waals surface area contributed by atoms with Crippen LogP contribution >= 0.6 is 11.6 Å². The lowest BCUT2D eigenvalue weighted by atomic mass is 9.82. The summed E-state index contributed by atoms with van der Waals surface area (Å²) in [6, 6.07) is 5.00. The van der Waals surface area contributed by atoms with Crippen molar-refractivity contribution < 1.29 is 14.2 Å². The van der Waals surface area contributed by atoms with Gasteiger partial charge in [-0.05, 0) is 23.5 Å². The molecule has 0 radical (unpaired) electrons. The maximum absolute atomic E-state index is 14.2. The van der Waals surface area contributed by atoms with Crippen LogP contribution in [0, 0.1) is 11.2 Å². The summed E-state index contributed by atoms with van der Waals surface area (Å²) in [5, 5.41) is 3.54. The van der Waals surface area contributed by atoms with E-state index < -0.39 is 0 Å². The van der Waals surface area contributed by atoms with E-state index in [4.69, 9.17) is 22.2 Å². The van der Waals surface area contributed by atoms with Gasteiger partial charge < -0.3 is 11.1 Å². The highest BCUT2D eigenvalue weighted by Crippen LogP contribution is 2.34. The molecule has 1 saturated heterocycles. The second-order valence-electron chi connectivity index (χ2n) is 6.64. The van der Waals surface area contributed by atoms with E-state index in [-0.39, 0.29) is 34.3 Å². The third kappa shape index (κ3) is 3.97. The molecule has 3 N–H and O–H groups in total. The van der Waals surface area contributed by atoms with Gasteiger partial charge in [0.1, 0.15) is 5.82 Å². The molecule has 3 atom stereocenters. The summed E-state index contributed by atoms with van der Waals surface area (Å²) in [5.41, 5.74) is 6.86. The van der Waals surface area contributed by atoms with Gasteiger partial charge in [0.05, 0.1) is 18.7 Å². The fourth-order valence-corrected chi connectivity index (χ4v) is 3.22. The first-order valence-electron chi connectivity index (χ1n) is 7.44. The van der Waals surface area contributed by atoms with Crippen molar-refractivity contribution in [2.75, 3.05) is 20.3 Å². The molecule has 0 saturated carbocycles. The third-order valence-corrected chi connectivity index (χ3v) is 4.54. The molecule has 2 rings (SSSR count). The second kappa shape index (κ2) is 7.23. The van der Waals surface area contributed by atoms with Gasteiger partial charge in [0, 0.05) is 24.5 Å². The number of rotatable bonds is 6. The number of nitrogens with one attached hydrogen (secondary N) is 1. The van der Waals surface area contributed by atoms with Crippen molar-refractivity contribution in [3.05, 3.63) is 34.6 Å². The summed E-state index contributed by atoms with van der Waals surface area (Å²) < 4.78 is 14.2. The lowest BCUT2D eigenvalue weighted by Crippen LogP contribution is -2.42. The van der Waals surface area contributed by atoms with Gasteiger partial charge in [-0.1, -0.05) is 37.6 Å². The Bertz CT molecular complexity index is 513. The molecule has 0 spiro atoms. The lowest BCUT2D eigenvalue weighted by Gasteiger charge is -2.29. The van der Waals surface area contributed by atoms with Gasteiger partial charge in [0.2, 0.25) is 0 Å². The van der Waals surface area contributed by atoms with Crippen LogP contribution in [0.15, 0.2) is 18.2 Å². The average molecular weight is 331 g/mol. The van der Waals surface area contributed by atoms with Crippen molar-refractivity contribution >= 4 is 11.6 Å². The van der Waals surface area contributed by atoms with Crippen molar-refractivity contribution in [1.29, 1.82) is 0 Å². The molecule has 1 aliphatic rings. The van der Waals surface area contributed by atoms with Crippen LogP contribution in [-0.2, 0) is 9.78 Å². The summed E-state index contributed by atoms with van der Waals surface area (Å²) in [7, 11) is 1.49. The Balaban J connectivity index is 2.06. The molecule has 0 amide bonds. The first kappa shape index (κ1) is 17.6. The van der Waals surface area contributed by atoms with E-state index in [1.165, 1.54) is 7.11 Å². The van der Waals surface area contributed by atoms with E-state index in [1.54, 1.807) is 18.2 Å². The van der Waals surface area contributed by atoms with Gasteiger partial charge >= 0.3 is 0 Å². The standard InChI is InChI=1S/C16H24ClFN2O2/c1-16(2,9-22-21-3)7-13-15(19)11(8-20-13)10-5-4-6-12(17)14(10)18/h4-6,11,13,15,20H,7-9,19H2,1-3H3. The van der Waals surface area contributed by atoms with Crippen LogP contribution in [0.5, 0.6) is 0 Å². The highest BCUT2D eigenvalue weighted by molar-refractivity contribution is 6.30. The number of hydrogen-bond acceptors (Lipinski definition) is 4. The smallest absolute Gasteiger partial charge is 0.145 e. The SMILES string of the molecule is COOCC(C)(C)CC1NCC(c2cccc(Cl)c2F)C1N. The summed E-state index contributed by atoms with van der Waals surface area (Å²) in [6.07, 6.45) is 0.816. The van der Waals surface area contributed by atoms with Crippen molar-refractivity contribution in [3.8, 4) is 0 Å². The highest BCUT2D eigenvalue weighted by atomic mass is 35.5. The van der Waals surface area contributed by atoms with Crippen LogP contribution in [-0.4, -0.2) is 32.3 Å². The third-order valence-electron chi connectivity index (χ3n) is 4.25. The maximum atomic E-state index is 14.2. The summed E-state index contributed by atoms with van der Waals surface area (Å²) in [6.45, 7) is 5.30. The van der Waals surface area contributed by atoms with E-state index in [2.05, 4.69) is 24.1 Å². The monoisotopic (exact) mass is 330 g/mol. The molecule has 3 unspecified atom stereocenters. The van der Waals surface area contributed by atoms with Gasteiger partial charge in [-0.3, -0.25) is 0 Å².